The van der Waals surface area contributed by atoms with Gasteiger partial charge in [0.1, 0.15) is 12.6 Å². The van der Waals surface area contributed by atoms with Crippen LogP contribution in [0.4, 0.5) is 0 Å². The van der Waals surface area contributed by atoms with Gasteiger partial charge in [0.15, 0.2) is 5.17 Å². The van der Waals surface area contributed by atoms with Gasteiger partial charge in [-0.2, -0.15) is 0 Å². The molecular formula is C26H27N3O4S2. The van der Waals surface area contributed by atoms with Crippen molar-refractivity contribution < 1.29 is 19.1 Å². The van der Waals surface area contributed by atoms with Gasteiger partial charge in [-0.25, -0.2) is 9.79 Å². The number of aliphatic imine (C=N–C) groups is 1. The van der Waals surface area contributed by atoms with Gasteiger partial charge in [-0.15, -0.1) is 11.3 Å². The molecule has 0 bridgehead atoms. The minimum Gasteiger partial charge on any atom is -0.457 e. The second-order valence-electron chi connectivity index (χ2n) is 8.59. The van der Waals surface area contributed by atoms with Gasteiger partial charge >= 0.3 is 5.97 Å². The van der Waals surface area contributed by atoms with Crippen molar-refractivity contribution in [2.45, 2.75) is 44.9 Å². The van der Waals surface area contributed by atoms with Crippen LogP contribution in [0.25, 0.3) is 0 Å². The molecule has 0 unspecified atom stereocenters. The number of carbonyl (C=O) groups excluding carboxylic acids is 2. The van der Waals surface area contributed by atoms with Crippen molar-refractivity contribution in [1.82, 2.24) is 10.2 Å². The van der Waals surface area contributed by atoms with Crippen LogP contribution < -0.4 is 5.32 Å². The number of thiophene rings is 1. The van der Waals surface area contributed by atoms with Crippen LogP contribution in [-0.4, -0.2) is 41.2 Å². The van der Waals surface area contributed by atoms with Crippen molar-refractivity contribution in [3.05, 3.63) is 80.7 Å². The van der Waals surface area contributed by atoms with Crippen molar-refractivity contribution >= 4 is 40.1 Å². The average molecular weight is 510 g/mol. The number of amidine groups is 1. The average Bonchev–Trinajstić information content (AvgIpc) is 3.64. The molecule has 1 aromatic carbocycles. The molecule has 4 heterocycles. The number of hydrogen-bond acceptors (Lipinski definition) is 8. The maximum Gasteiger partial charge on any atom is 0.338 e. The molecule has 0 aliphatic carbocycles. The number of nitrogens with one attached hydrogen (secondary N) is 1. The molecule has 0 radical (unpaired) electrons. The van der Waals surface area contributed by atoms with Crippen LogP contribution in [0.1, 0.15) is 42.7 Å². The number of nitrogens with zero attached hydrogens (tertiary/aromatic N) is 2. The summed E-state index contributed by atoms with van der Waals surface area (Å²) in [6, 6.07) is 13.2. The molecule has 1 saturated heterocycles. The predicted octanol–water partition coefficient (Wildman–Crippen LogP) is 4.75. The van der Waals surface area contributed by atoms with E-state index in [-0.39, 0.29) is 25.0 Å². The summed E-state index contributed by atoms with van der Waals surface area (Å²) < 4.78 is 11.3. The minimum atomic E-state index is -0.397. The van der Waals surface area contributed by atoms with E-state index in [9.17, 15) is 9.59 Å². The van der Waals surface area contributed by atoms with Crippen molar-refractivity contribution in [1.29, 1.82) is 0 Å². The molecule has 0 saturated carbocycles. The van der Waals surface area contributed by atoms with E-state index in [0.29, 0.717) is 17.8 Å². The maximum atomic E-state index is 13.4. The Balaban J connectivity index is 1.35. The number of ether oxygens (including phenoxy) is 2. The summed E-state index contributed by atoms with van der Waals surface area (Å²) in [6.45, 7) is 3.31. The molecule has 3 aliphatic heterocycles. The standard InChI is InChI=1S/C26H27N3O4S2/c1-17-23(25(31)33-15-18-7-3-2-4-8-18)24(21-10-6-12-34-21)29-19(16-35-26(29)28-17)13-22(30)27-14-20-9-5-11-32-20/h2-4,6-8,10,12,16,20,24H,5,9,11,13-15H2,1H3,(H,27,30)/t20-,24-/m0/s1. The second-order valence-corrected chi connectivity index (χ2v) is 10.4. The Morgan fingerprint density at radius 1 is 1.23 bits per heavy atom. The lowest BCUT2D eigenvalue weighted by molar-refractivity contribution is -0.141. The van der Waals surface area contributed by atoms with Crippen LogP contribution >= 0.6 is 23.1 Å². The van der Waals surface area contributed by atoms with Crippen molar-refractivity contribution in [2.24, 2.45) is 4.99 Å². The van der Waals surface area contributed by atoms with Gasteiger partial charge in [-0.3, -0.25) is 4.79 Å². The third-order valence-corrected chi connectivity index (χ3v) is 7.95. The fraction of sp³-hybridized carbons (Fsp3) is 0.346. The Morgan fingerprint density at radius 3 is 2.83 bits per heavy atom. The first-order chi connectivity index (χ1) is 17.1. The van der Waals surface area contributed by atoms with Gasteiger partial charge in [0, 0.05) is 23.7 Å². The Bertz CT molecular complexity index is 1170. The Hall–Kier alpha value is -2.88. The minimum absolute atomic E-state index is 0.0713. The summed E-state index contributed by atoms with van der Waals surface area (Å²) in [6.07, 6.45) is 2.30. The lowest BCUT2D eigenvalue weighted by atomic mass is 9.99. The van der Waals surface area contributed by atoms with E-state index in [1.54, 1.807) is 11.3 Å². The summed E-state index contributed by atoms with van der Waals surface area (Å²) >= 11 is 3.05. The molecule has 2 aromatic rings. The first kappa shape index (κ1) is 23.8. The molecule has 7 nitrogen and oxygen atoms in total. The van der Waals surface area contributed by atoms with E-state index in [4.69, 9.17) is 14.5 Å². The quantitative estimate of drug-likeness (QED) is 0.517. The van der Waals surface area contributed by atoms with E-state index in [0.717, 1.165) is 40.8 Å². The fourth-order valence-corrected chi connectivity index (χ4v) is 6.20. The zero-order chi connectivity index (χ0) is 24.2. The summed E-state index contributed by atoms with van der Waals surface area (Å²) in [5, 5.41) is 7.71. The molecule has 35 heavy (non-hydrogen) atoms. The highest BCUT2D eigenvalue weighted by Crippen LogP contribution is 2.45. The zero-order valence-electron chi connectivity index (χ0n) is 19.4. The molecule has 1 aromatic heterocycles. The monoisotopic (exact) mass is 509 g/mol. The summed E-state index contributed by atoms with van der Waals surface area (Å²) in [4.78, 5) is 33.9. The molecular weight excluding hydrogens is 482 g/mol. The second kappa shape index (κ2) is 10.8. The van der Waals surface area contributed by atoms with Crippen LogP contribution in [0.2, 0.25) is 0 Å². The Labute approximate surface area is 212 Å². The van der Waals surface area contributed by atoms with E-state index < -0.39 is 12.0 Å². The highest BCUT2D eigenvalue weighted by atomic mass is 32.2. The number of amides is 1. The van der Waals surface area contributed by atoms with E-state index in [1.807, 2.05) is 65.1 Å². The number of benzene rings is 1. The van der Waals surface area contributed by atoms with Crippen molar-refractivity contribution in [2.75, 3.05) is 13.2 Å². The third kappa shape index (κ3) is 5.37. The van der Waals surface area contributed by atoms with Crippen LogP contribution in [0.5, 0.6) is 0 Å². The molecule has 3 aliphatic rings. The van der Waals surface area contributed by atoms with Gasteiger partial charge < -0.3 is 19.7 Å². The van der Waals surface area contributed by atoms with E-state index >= 15 is 0 Å². The van der Waals surface area contributed by atoms with Crippen LogP contribution in [-0.2, 0) is 25.7 Å². The largest absolute Gasteiger partial charge is 0.457 e. The number of thioether (sulfide) groups is 1. The number of esters is 1. The summed E-state index contributed by atoms with van der Waals surface area (Å²) in [5.41, 5.74) is 2.88. The van der Waals surface area contributed by atoms with E-state index in [1.165, 1.54) is 11.8 Å². The Kier molecular flexibility index (Phi) is 7.36. The highest BCUT2D eigenvalue weighted by molar-refractivity contribution is 8.16. The molecule has 1 amide bonds. The summed E-state index contributed by atoms with van der Waals surface area (Å²) in [5.74, 6) is -0.468. The van der Waals surface area contributed by atoms with Crippen LogP contribution in [0, 0.1) is 0 Å². The van der Waals surface area contributed by atoms with E-state index in [2.05, 4.69) is 5.32 Å². The SMILES string of the molecule is CC1=C(C(=O)OCc2ccccc2)[C@H](c2cccs2)N2C(CC(=O)NC[C@@H]3CCCO3)=CSC2=N1. The van der Waals surface area contributed by atoms with Gasteiger partial charge in [0.25, 0.3) is 0 Å². The topological polar surface area (TPSA) is 80.2 Å². The first-order valence-electron chi connectivity index (χ1n) is 11.7. The van der Waals surface area contributed by atoms with Crippen LogP contribution in [0.15, 0.2) is 75.2 Å². The van der Waals surface area contributed by atoms with Gasteiger partial charge in [0.2, 0.25) is 5.91 Å². The number of fused-ring (bicyclic) bond motifs is 1. The van der Waals surface area contributed by atoms with Gasteiger partial charge in [0.05, 0.1) is 23.8 Å². The smallest absolute Gasteiger partial charge is 0.338 e. The normalized spacial score (nSPS) is 21.5. The molecule has 1 N–H and O–H groups in total. The fourth-order valence-electron chi connectivity index (χ4n) is 4.41. The van der Waals surface area contributed by atoms with Gasteiger partial charge in [-0.1, -0.05) is 48.2 Å². The number of carbonyl (C=O) groups is 2. The maximum absolute atomic E-state index is 13.4. The van der Waals surface area contributed by atoms with Crippen molar-refractivity contribution in [3.8, 4) is 0 Å². The van der Waals surface area contributed by atoms with Crippen LogP contribution in [0.3, 0.4) is 0 Å². The predicted molar refractivity (Wildman–Crippen MR) is 138 cm³/mol. The molecule has 5 rings (SSSR count). The zero-order valence-corrected chi connectivity index (χ0v) is 21.1. The first-order valence-corrected chi connectivity index (χ1v) is 13.4. The van der Waals surface area contributed by atoms with Crippen molar-refractivity contribution in [3.63, 3.8) is 0 Å². The lowest BCUT2D eigenvalue weighted by Crippen LogP contribution is -2.38. The number of hydrogen-bond donors (Lipinski definition) is 1. The lowest BCUT2D eigenvalue weighted by Gasteiger charge is -2.35. The molecule has 182 valence electrons. The molecule has 2 atom stereocenters. The molecule has 0 spiro atoms. The number of rotatable bonds is 8. The summed E-state index contributed by atoms with van der Waals surface area (Å²) in [7, 11) is 0. The highest BCUT2D eigenvalue weighted by Gasteiger charge is 2.41. The van der Waals surface area contributed by atoms with Gasteiger partial charge in [-0.05, 0) is 42.2 Å². The third-order valence-electron chi connectivity index (χ3n) is 6.14. The molecule has 1 fully saturated rings. The Morgan fingerprint density at radius 2 is 2.09 bits per heavy atom. The number of allylic oxidation sites excluding steroid dienone is 1. The molecule has 9 heteroatoms.